The lowest BCUT2D eigenvalue weighted by Crippen LogP contribution is -2.32. The van der Waals surface area contributed by atoms with Crippen molar-refractivity contribution < 1.29 is 18.9 Å². The second kappa shape index (κ2) is 17.7. The van der Waals surface area contributed by atoms with Crippen LogP contribution in [0.3, 0.4) is 0 Å². The maximum Gasteiger partial charge on any atom is 0.119 e. The maximum absolute atomic E-state index is 5.73. The second-order valence-corrected chi connectivity index (χ2v) is 23.0. The van der Waals surface area contributed by atoms with Crippen LogP contribution in [0.25, 0.3) is 99.2 Å². The molecule has 0 N–H and O–H groups in total. The fourth-order valence-electron chi connectivity index (χ4n) is 15.5. The number of ether oxygens (including phenoxy) is 4. The number of allylic oxidation sites excluding steroid dienone is 2. The quantitative estimate of drug-likeness (QED) is 0.152. The maximum atomic E-state index is 5.73. The summed E-state index contributed by atoms with van der Waals surface area (Å²) in [5.74, 6) is 3.33. The van der Waals surface area contributed by atoms with Crippen LogP contribution in [0.1, 0.15) is 33.7 Å². The lowest BCUT2D eigenvalue weighted by atomic mass is 9.67. The van der Waals surface area contributed by atoms with Crippen molar-refractivity contribution in [2.24, 2.45) is 0 Å². The Labute approximate surface area is 490 Å². The summed E-state index contributed by atoms with van der Waals surface area (Å²) in [5, 5.41) is 7.23. The highest BCUT2D eigenvalue weighted by Gasteiger charge is 2.57. The SMILES string of the molecule is COc1ccc(N2c3ccccc3C3C=C4C(=CC32)c2cc3c(cc2C42c4cc5c6ccccc6n(-c6ccc(OC)cc6)c5cc4-c4cc5c(cc42)c2ccccc2n5-c2ccc(OC)cc2)c2ccccc2n3-c2ccc(OC)cc2)cc1. The van der Waals surface area contributed by atoms with E-state index in [-0.39, 0.29) is 12.0 Å². The molecule has 8 nitrogen and oxygen atoms in total. The highest BCUT2D eigenvalue weighted by molar-refractivity contribution is 6.18. The van der Waals surface area contributed by atoms with Gasteiger partial charge in [-0.1, -0.05) is 84.9 Å². The van der Waals surface area contributed by atoms with E-state index in [0.29, 0.717) is 0 Å². The Morgan fingerprint density at radius 3 is 1.12 bits per heavy atom. The first-order chi connectivity index (χ1) is 41.9. The van der Waals surface area contributed by atoms with Crippen molar-refractivity contribution in [3.05, 3.63) is 276 Å². The number of aromatic nitrogens is 3. The summed E-state index contributed by atoms with van der Waals surface area (Å²) in [6.45, 7) is 0. The molecular formula is C77H54N4O4. The molecule has 11 aromatic carbocycles. The van der Waals surface area contributed by atoms with Gasteiger partial charge in [0.2, 0.25) is 0 Å². The minimum absolute atomic E-state index is 0.0223. The van der Waals surface area contributed by atoms with Crippen molar-refractivity contribution >= 4 is 82.4 Å². The summed E-state index contributed by atoms with van der Waals surface area (Å²) in [6, 6.07) is 85.2. The van der Waals surface area contributed by atoms with Crippen LogP contribution in [-0.2, 0) is 5.41 Å². The number of hydrogen-bond donors (Lipinski definition) is 0. The minimum atomic E-state index is -0.772. The van der Waals surface area contributed by atoms with Crippen molar-refractivity contribution in [2.45, 2.75) is 17.4 Å². The molecule has 14 aromatic rings. The molecule has 85 heavy (non-hydrogen) atoms. The van der Waals surface area contributed by atoms with Crippen molar-refractivity contribution in [1.29, 1.82) is 0 Å². The zero-order chi connectivity index (χ0) is 56.4. The van der Waals surface area contributed by atoms with Gasteiger partial charge in [0.25, 0.3) is 0 Å². The van der Waals surface area contributed by atoms with Crippen molar-refractivity contribution in [2.75, 3.05) is 33.3 Å². The van der Waals surface area contributed by atoms with Gasteiger partial charge in [0.15, 0.2) is 0 Å². The average Bonchev–Trinajstić information content (AvgIpc) is 1.54. The third-order valence-corrected chi connectivity index (χ3v) is 19.2. The number of hydrogen-bond acceptors (Lipinski definition) is 5. The highest BCUT2D eigenvalue weighted by Crippen LogP contribution is 2.68. The van der Waals surface area contributed by atoms with Gasteiger partial charge in [-0.3, -0.25) is 0 Å². The lowest BCUT2D eigenvalue weighted by molar-refractivity contribution is 0.414. The molecule has 0 fully saturated rings. The van der Waals surface area contributed by atoms with E-state index in [1.165, 1.54) is 88.1 Å². The number of benzene rings is 11. The van der Waals surface area contributed by atoms with Gasteiger partial charge < -0.3 is 37.5 Å². The number of nitrogens with zero attached hydrogens (tertiary/aromatic N) is 4. The Balaban J connectivity index is 1.00. The Kier molecular flexibility index (Phi) is 9.95. The number of anilines is 2. The molecule has 4 heterocycles. The number of rotatable bonds is 8. The van der Waals surface area contributed by atoms with Crippen LogP contribution in [0.2, 0.25) is 0 Å². The molecule has 3 aromatic heterocycles. The van der Waals surface area contributed by atoms with Gasteiger partial charge in [-0.2, -0.15) is 0 Å². The van der Waals surface area contributed by atoms with Crippen LogP contribution in [0.5, 0.6) is 23.0 Å². The Bertz CT molecular complexity index is 5060. The Morgan fingerprint density at radius 2 is 0.694 bits per heavy atom. The van der Waals surface area contributed by atoms with Gasteiger partial charge >= 0.3 is 0 Å². The van der Waals surface area contributed by atoms with Crippen LogP contribution in [0.4, 0.5) is 11.4 Å². The van der Waals surface area contributed by atoms with E-state index < -0.39 is 5.41 Å². The first kappa shape index (κ1) is 47.9. The van der Waals surface area contributed by atoms with E-state index in [1.54, 1.807) is 28.4 Å². The third kappa shape index (κ3) is 6.40. The number of fused-ring (bicyclic) bond motifs is 22. The molecule has 4 aliphatic rings. The van der Waals surface area contributed by atoms with Crippen molar-refractivity contribution in [1.82, 2.24) is 13.7 Å². The summed E-state index contributed by atoms with van der Waals surface area (Å²) < 4.78 is 30.2. The topological polar surface area (TPSA) is 55.0 Å². The number of methoxy groups -OCH3 is 4. The summed E-state index contributed by atoms with van der Waals surface area (Å²) >= 11 is 0. The third-order valence-electron chi connectivity index (χ3n) is 19.2. The molecule has 0 saturated carbocycles. The zero-order valence-electron chi connectivity index (χ0n) is 47.2. The summed E-state index contributed by atoms with van der Waals surface area (Å²) in [6.07, 6.45) is 5.32. The van der Waals surface area contributed by atoms with E-state index in [4.69, 9.17) is 18.9 Å². The predicted octanol–water partition coefficient (Wildman–Crippen LogP) is 18.0. The van der Waals surface area contributed by atoms with Crippen LogP contribution in [-0.4, -0.2) is 48.2 Å². The monoisotopic (exact) mass is 1100 g/mol. The summed E-state index contributed by atoms with van der Waals surface area (Å²) in [4.78, 5) is 2.56. The lowest BCUT2D eigenvalue weighted by Gasteiger charge is -2.35. The highest BCUT2D eigenvalue weighted by atomic mass is 16.5. The summed E-state index contributed by atoms with van der Waals surface area (Å²) in [5.41, 5.74) is 23.1. The fraction of sp³-hybridized carbons (Fsp3) is 0.0909. The zero-order valence-corrected chi connectivity index (χ0v) is 47.2. The Morgan fingerprint density at radius 1 is 0.329 bits per heavy atom. The predicted molar refractivity (Wildman–Crippen MR) is 345 cm³/mol. The molecule has 18 rings (SSSR count). The van der Waals surface area contributed by atoms with E-state index in [2.05, 4.69) is 261 Å². The van der Waals surface area contributed by atoms with Gasteiger partial charge in [0.05, 0.1) is 73.0 Å². The van der Waals surface area contributed by atoms with Crippen LogP contribution in [0, 0.1) is 0 Å². The molecule has 2 unspecified atom stereocenters. The minimum Gasteiger partial charge on any atom is -0.497 e. The van der Waals surface area contributed by atoms with Gasteiger partial charge in [0, 0.05) is 66.7 Å². The van der Waals surface area contributed by atoms with E-state index >= 15 is 0 Å². The van der Waals surface area contributed by atoms with Gasteiger partial charge in [-0.15, -0.1) is 0 Å². The average molecular weight is 1100 g/mol. The fourth-order valence-corrected chi connectivity index (χ4v) is 15.5. The standard InChI is InChI=1S/C77H54N4O4/c1-82-49-29-21-45(22-30-49)78-69-17-9-5-13-53(69)61-37-65-57(41-73(61)78)58-42-74-62(54-14-6-10-18-70(54)79(74)46-23-31-50(83-2)32-24-46)38-66(58)77(65)67-39-63-55-15-7-11-19-71(55)80(47-25-33-51(84-3)34-26-47)75(63)43-59(67)60-44-76-64(40-68(60)77)56-16-8-12-20-72(56)81(76)48-27-35-52(85-4)36-28-48/h5-44,61,73H,1-4H3. The Hall–Kier alpha value is -10.7. The molecule has 8 heteroatoms. The molecule has 406 valence electrons. The normalized spacial score (nSPS) is 16.0. The first-order valence-corrected chi connectivity index (χ1v) is 29.1. The van der Waals surface area contributed by atoms with E-state index in [9.17, 15) is 0 Å². The molecular weight excluding hydrogens is 1040 g/mol. The molecule has 1 spiro atoms. The number of para-hydroxylation sites is 4. The molecule has 0 amide bonds. The molecule has 3 aliphatic carbocycles. The molecule has 2 atom stereocenters. The van der Waals surface area contributed by atoms with Crippen LogP contribution >= 0.6 is 0 Å². The van der Waals surface area contributed by atoms with Crippen LogP contribution < -0.4 is 23.8 Å². The van der Waals surface area contributed by atoms with E-state index in [0.717, 1.165) is 78.8 Å². The van der Waals surface area contributed by atoms with Crippen LogP contribution in [0.15, 0.2) is 248 Å². The second-order valence-electron chi connectivity index (χ2n) is 23.0. The first-order valence-electron chi connectivity index (χ1n) is 29.1. The largest absolute Gasteiger partial charge is 0.497 e. The molecule has 0 bridgehead atoms. The van der Waals surface area contributed by atoms with Gasteiger partial charge in [-0.05, 0) is 208 Å². The van der Waals surface area contributed by atoms with Gasteiger partial charge in [-0.25, -0.2) is 0 Å². The van der Waals surface area contributed by atoms with Gasteiger partial charge in [0.1, 0.15) is 23.0 Å². The summed E-state index contributed by atoms with van der Waals surface area (Å²) in [7, 11) is 6.92. The molecule has 1 aliphatic heterocycles. The molecule has 0 radical (unpaired) electrons. The van der Waals surface area contributed by atoms with Crippen molar-refractivity contribution in [3.63, 3.8) is 0 Å². The van der Waals surface area contributed by atoms with E-state index in [1.807, 2.05) is 0 Å². The molecule has 0 saturated heterocycles. The smallest absolute Gasteiger partial charge is 0.119 e. The van der Waals surface area contributed by atoms with Crippen molar-refractivity contribution in [3.8, 4) is 51.2 Å².